The molecule has 0 radical (unpaired) electrons. The second kappa shape index (κ2) is 5.39. The molecule has 0 N–H and O–H groups in total. The summed E-state index contributed by atoms with van der Waals surface area (Å²) in [5.41, 5.74) is -1.09. The molecule has 0 unspecified atom stereocenters. The van der Waals surface area contributed by atoms with Gasteiger partial charge in [-0.15, -0.1) is 9.81 Å². The smallest absolute Gasteiger partial charge is 0.221 e. The molecule has 1 rings (SSSR count). The molecule has 6 nitrogen and oxygen atoms in total. The Morgan fingerprint density at radius 3 is 1.89 bits per heavy atom. The van der Waals surface area contributed by atoms with Crippen LogP contribution in [0.25, 0.3) is 0 Å². The summed E-state index contributed by atoms with van der Waals surface area (Å²) in [5, 5.41) is 5.45. The number of nitrogens with zero attached hydrogens (tertiary/aromatic N) is 2. The first-order valence-electron chi connectivity index (χ1n) is 5.25. The highest BCUT2D eigenvalue weighted by Crippen LogP contribution is 2.22. The molecule has 0 aliphatic heterocycles. The largest absolute Gasteiger partial charge is 0.297 e. The van der Waals surface area contributed by atoms with Crippen LogP contribution in [0.5, 0.6) is 0 Å². The fourth-order valence-corrected chi connectivity index (χ4v) is 1.63. The fourth-order valence-electron chi connectivity index (χ4n) is 1.63. The summed E-state index contributed by atoms with van der Waals surface area (Å²) in [7, 11) is 0. The van der Waals surface area contributed by atoms with Crippen LogP contribution in [-0.2, 0) is 16.0 Å². The molecule has 0 saturated heterocycles. The molecule has 0 bridgehead atoms. The molecule has 0 atom stereocenters. The summed E-state index contributed by atoms with van der Waals surface area (Å²) in [4.78, 5) is 44.1. The molecule has 18 heavy (non-hydrogen) atoms. The zero-order chi connectivity index (χ0) is 13.8. The zero-order valence-electron chi connectivity index (χ0n) is 10.0. The molecule has 0 spiro atoms. The molecule has 0 aliphatic rings. The van der Waals surface area contributed by atoms with Gasteiger partial charge < -0.3 is 0 Å². The highest BCUT2D eigenvalue weighted by molar-refractivity contribution is 6.10. The number of hydrogen-bond donors (Lipinski definition) is 0. The van der Waals surface area contributed by atoms with Crippen molar-refractivity contribution in [1.29, 1.82) is 0 Å². The van der Waals surface area contributed by atoms with Crippen molar-refractivity contribution in [3.05, 3.63) is 39.6 Å². The number of hydrogen-bond acceptors (Lipinski definition) is 6. The minimum absolute atomic E-state index is 0.111. The van der Waals surface area contributed by atoms with E-state index in [4.69, 9.17) is 0 Å². The molecule has 1 aromatic rings. The second-order valence-corrected chi connectivity index (χ2v) is 4.00. The molecule has 0 aliphatic carbocycles. The van der Waals surface area contributed by atoms with Crippen LogP contribution >= 0.6 is 0 Å². The van der Waals surface area contributed by atoms with Gasteiger partial charge in [0.15, 0.2) is 11.6 Å². The number of carbonyl (C=O) groups is 2. The lowest BCUT2D eigenvalue weighted by Crippen LogP contribution is -2.44. The molecule has 0 fully saturated rings. The van der Waals surface area contributed by atoms with Crippen molar-refractivity contribution < 1.29 is 9.59 Å². The Morgan fingerprint density at radius 1 is 1.06 bits per heavy atom. The first kappa shape index (κ1) is 13.8. The van der Waals surface area contributed by atoms with Gasteiger partial charge in [0.05, 0.1) is 0 Å². The molecule has 94 valence electrons. The van der Waals surface area contributed by atoms with Gasteiger partial charge >= 0.3 is 0 Å². The predicted octanol–water partition coefficient (Wildman–Crippen LogP) is 2.31. The summed E-state index contributed by atoms with van der Waals surface area (Å²) in [6.07, 6.45) is -0.111. The highest BCUT2D eigenvalue weighted by atomic mass is 16.3. The van der Waals surface area contributed by atoms with Crippen molar-refractivity contribution in [2.24, 2.45) is 10.4 Å². The quantitative estimate of drug-likeness (QED) is 0.570. The number of rotatable bonds is 6. The van der Waals surface area contributed by atoms with E-state index in [9.17, 15) is 19.4 Å². The van der Waals surface area contributed by atoms with Gasteiger partial charge in [-0.3, -0.25) is 9.59 Å². The number of benzene rings is 1. The van der Waals surface area contributed by atoms with E-state index in [1.807, 2.05) is 0 Å². The van der Waals surface area contributed by atoms with Gasteiger partial charge in [0.25, 0.3) is 0 Å². The first-order chi connectivity index (χ1) is 8.46. The van der Waals surface area contributed by atoms with E-state index in [2.05, 4.69) is 10.4 Å². The van der Waals surface area contributed by atoms with Crippen LogP contribution in [0.3, 0.4) is 0 Å². The van der Waals surface area contributed by atoms with E-state index in [0.29, 0.717) is 5.56 Å². The minimum Gasteiger partial charge on any atom is -0.297 e. The number of ketones is 2. The van der Waals surface area contributed by atoms with Gasteiger partial charge in [-0.1, -0.05) is 12.1 Å². The van der Waals surface area contributed by atoms with Crippen LogP contribution in [0.15, 0.2) is 34.6 Å². The molecule has 0 amide bonds. The Kier molecular flexibility index (Phi) is 4.14. The summed E-state index contributed by atoms with van der Waals surface area (Å²) in [6.45, 7) is 2.31. The van der Waals surface area contributed by atoms with Crippen LogP contribution in [0.4, 0.5) is 5.69 Å². The fraction of sp³-hybridized carbons (Fsp3) is 0.333. The highest BCUT2D eigenvalue weighted by Gasteiger charge is 2.42. The van der Waals surface area contributed by atoms with Crippen molar-refractivity contribution in [2.45, 2.75) is 25.8 Å². The molecule has 6 heteroatoms. The Labute approximate surface area is 103 Å². The van der Waals surface area contributed by atoms with Gasteiger partial charge in [0, 0.05) is 6.42 Å². The summed E-state index contributed by atoms with van der Waals surface area (Å²) < 4.78 is 0. The number of carbonyl (C=O) groups excluding carboxylic acids is 2. The maximum absolute atomic E-state index is 11.5. The number of Topliss-reactive ketones (excluding diaryl/α,β-unsaturated/α-hetero) is 2. The maximum atomic E-state index is 11.5. The Morgan fingerprint density at radius 2 is 1.56 bits per heavy atom. The van der Waals surface area contributed by atoms with Crippen LogP contribution in [0.2, 0.25) is 0 Å². The van der Waals surface area contributed by atoms with E-state index < -0.39 is 17.1 Å². The second-order valence-electron chi connectivity index (χ2n) is 4.00. The normalized spacial score (nSPS) is 10.8. The van der Waals surface area contributed by atoms with Crippen LogP contribution in [0.1, 0.15) is 19.4 Å². The van der Waals surface area contributed by atoms with Gasteiger partial charge in [0.1, 0.15) is 5.69 Å². The maximum Gasteiger partial charge on any atom is 0.221 e. The molecule has 0 saturated carbocycles. The van der Waals surface area contributed by atoms with Crippen LogP contribution in [0, 0.1) is 9.81 Å². The average molecular weight is 248 g/mol. The Balaban J connectivity index is 3.10. The third kappa shape index (κ3) is 2.53. The lowest BCUT2D eigenvalue weighted by molar-refractivity contribution is -0.132. The SMILES string of the molecule is CC(=O)C(Cc1ccc(N=O)cc1)(N=O)C(C)=O. The first-order valence-corrected chi connectivity index (χ1v) is 5.25. The van der Waals surface area contributed by atoms with Gasteiger partial charge in [-0.25, -0.2) is 0 Å². The predicted molar refractivity (Wildman–Crippen MR) is 65.5 cm³/mol. The van der Waals surface area contributed by atoms with Gasteiger partial charge in [0.2, 0.25) is 5.54 Å². The van der Waals surface area contributed by atoms with Crippen LogP contribution < -0.4 is 0 Å². The van der Waals surface area contributed by atoms with Crippen molar-refractivity contribution in [3.8, 4) is 0 Å². The average Bonchev–Trinajstić information content (AvgIpc) is 2.36. The zero-order valence-corrected chi connectivity index (χ0v) is 10.0. The molecule has 0 aromatic heterocycles. The molecular formula is C12H12N2O4. The summed E-state index contributed by atoms with van der Waals surface area (Å²) >= 11 is 0. The topological polar surface area (TPSA) is 93.0 Å². The van der Waals surface area contributed by atoms with Crippen molar-refractivity contribution in [1.82, 2.24) is 0 Å². The third-order valence-electron chi connectivity index (χ3n) is 2.82. The Bertz CT molecular complexity index is 479. The summed E-state index contributed by atoms with van der Waals surface area (Å²) in [5.74, 6) is -1.19. The lowest BCUT2D eigenvalue weighted by atomic mass is 9.85. The van der Waals surface area contributed by atoms with Gasteiger partial charge in [-0.05, 0) is 41.9 Å². The van der Waals surface area contributed by atoms with Crippen molar-refractivity contribution in [2.75, 3.05) is 0 Å². The molecule has 0 heterocycles. The van der Waals surface area contributed by atoms with E-state index in [0.717, 1.165) is 13.8 Å². The van der Waals surface area contributed by atoms with Crippen LogP contribution in [-0.4, -0.2) is 17.1 Å². The minimum atomic E-state index is -1.88. The standard InChI is InChI=1S/C12H12N2O4/c1-8(15)12(14-18,9(2)16)7-10-3-5-11(13-17)6-4-10/h3-6H,7H2,1-2H3. The van der Waals surface area contributed by atoms with E-state index in [1.54, 1.807) is 0 Å². The Hall–Kier alpha value is -2.24. The lowest BCUT2D eigenvalue weighted by Gasteiger charge is -2.20. The van der Waals surface area contributed by atoms with Crippen molar-refractivity contribution in [3.63, 3.8) is 0 Å². The van der Waals surface area contributed by atoms with E-state index in [-0.39, 0.29) is 12.1 Å². The van der Waals surface area contributed by atoms with Crippen molar-refractivity contribution >= 4 is 17.3 Å². The summed E-state index contributed by atoms with van der Waals surface area (Å²) in [6, 6.07) is 5.95. The molecule has 1 aromatic carbocycles. The van der Waals surface area contributed by atoms with Gasteiger partial charge in [-0.2, -0.15) is 0 Å². The van der Waals surface area contributed by atoms with E-state index >= 15 is 0 Å². The van der Waals surface area contributed by atoms with E-state index in [1.165, 1.54) is 24.3 Å². The number of nitroso groups, excluding NO2 is 2. The monoisotopic (exact) mass is 248 g/mol. The molecular weight excluding hydrogens is 236 g/mol. The third-order valence-corrected chi connectivity index (χ3v) is 2.82.